The normalized spacial score (nSPS) is 20.0. The van der Waals surface area contributed by atoms with Gasteiger partial charge in [-0.25, -0.2) is 0 Å². The second kappa shape index (κ2) is 6.21. The first-order valence-corrected chi connectivity index (χ1v) is 8.48. The number of aliphatic imine (C=N–C) groups is 1. The van der Waals surface area contributed by atoms with Gasteiger partial charge in [0.05, 0.1) is 0 Å². The lowest BCUT2D eigenvalue weighted by Gasteiger charge is -2.37. The van der Waals surface area contributed by atoms with Gasteiger partial charge >= 0.3 is 0 Å². The molecule has 4 nitrogen and oxygen atoms in total. The molecule has 2 aliphatic heterocycles. The molecule has 1 amide bonds. The fourth-order valence-electron chi connectivity index (χ4n) is 3.51. The minimum absolute atomic E-state index is 0.0438. The lowest BCUT2D eigenvalue weighted by Crippen LogP contribution is -2.50. The summed E-state index contributed by atoms with van der Waals surface area (Å²) >= 11 is 0. The highest BCUT2D eigenvalue weighted by molar-refractivity contribution is 6.46. The smallest absolute Gasteiger partial charge is 0.272 e. The molecule has 4 heteroatoms. The number of rotatable bonds is 3. The van der Waals surface area contributed by atoms with E-state index in [9.17, 15) is 4.79 Å². The Bertz CT molecular complexity index is 747. The van der Waals surface area contributed by atoms with Crippen LogP contribution >= 0.6 is 0 Å². The van der Waals surface area contributed by atoms with Crippen LogP contribution in [0.25, 0.3) is 0 Å². The quantitative estimate of drug-likeness (QED) is 0.945. The van der Waals surface area contributed by atoms with Crippen LogP contribution in [0.5, 0.6) is 0 Å². The largest absolute Gasteiger partial charge is 0.326 e. The van der Waals surface area contributed by atoms with Crippen molar-refractivity contribution in [3.8, 4) is 0 Å². The van der Waals surface area contributed by atoms with Crippen LogP contribution in [0.2, 0.25) is 0 Å². The number of nitrogens with zero attached hydrogens (tertiary/aromatic N) is 2. The fourth-order valence-corrected chi connectivity index (χ4v) is 3.51. The summed E-state index contributed by atoms with van der Waals surface area (Å²) in [5.41, 5.74) is 2.40. The van der Waals surface area contributed by atoms with Crippen molar-refractivity contribution in [2.24, 2.45) is 4.99 Å². The van der Waals surface area contributed by atoms with E-state index in [1.807, 2.05) is 36.4 Å². The van der Waals surface area contributed by atoms with Crippen molar-refractivity contribution in [1.29, 1.82) is 0 Å². The molecule has 2 heterocycles. The summed E-state index contributed by atoms with van der Waals surface area (Å²) in [5.74, 6) is -0.0438. The summed E-state index contributed by atoms with van der Waals surface area (Å²) in [4.78, 5) is 19.6. The number of hydrogen-bond donors (Lipinski definition) is 1. The number of amides is 1. The van der Waals surface area contributed by atoms with E-state index < -0.39 is 5.66 Å². The highest BCUT2D eigenvalue weighted by Crippen LogP contribution is 2.29. The predicted molar refractivity (Wildman–Crippen MR) is 94.8 cm³/mol. The molecule has 1 fully saturated rings. The van der Waals surface area contributed by atoms with Crippen LogP contribution in [-0.2, 0) is 11.3 Å². The van der Waals surface area contributed by atoms with Gasteiger partial charge in [0, 0.05) is 38.0 Å². The standard InChI is InChI=1S/C20H21N3O/c24-19-18(17-9-5-2-6-10-17)21-20(22-19)11-13-23(14-12-20)15-16-7-3-1-4-8-16/h1-10H,11-15H2,(H,22,24). The highest BCUT2D eigenvalue weighted by atomic mass is 16.2. The zero-order valence-corrected chi connectivity index (χ0v) is 13.6. The molecule has 0 aliphatic carbocycles. The Hall–Kier alpha value is -2.46. The number of benzene rings is 2. The summed E-state index contributed by atoms with van der Waals surface area (Å²) in [5, 5.41) is 3.13. The van der Waals surface area contributed by atoms with Crippen LogP contribution in [-0.4, -0.2) is 35.3 Å². The molecule has 2 aromatic carbocycles. The van der Waals surface area contributed by atoms with E-state index in [1.54, 1.807) is 0 Å². The summed E-state index contributed by atoms with van der Waals surface area (Å²) in [6.45, 7) is 2.85. The molecule has 1 N–H and O–H groups in total. The Labute approximate surface area is 142 Å². The van der Waals surface area contributed by atoms with E-state index in [-0.39, 0.29) is 5.91 Å². The molecule has 2 aliphatic rings. The predicted octanol–water partition coefficient (Wildman–Crippen LogP) is 2.60. The maximum Gasteiger partial charge on any atom is 0.272 e. The summed E-state index contributed by atoms with van der Waals surface area (Å²) in [6, 6.07) is 20.3. The molecule has 0 atom stereocenters. The van der Waals surface area contributed by atoms with Crippen molar-refractivity contribution in [2.75, 3.05) is 13.1 Å². The first-order valence-electron chi connectivity index (χ1n) is 8.48. The molecule has 0 aromatic heterocycles. The van der Waals surface area contributed by atoms with Crippen LogP contribution in [0.1, 0.15) is 24.0 Å². The monoisotopic (exact) mass is 319 g/mol. The van der Waals surface area contributed by atoms with Crippen LogP contribution in [0.4, 0.5) is 0 Å². The zero-order valence-electron chi connectivity index (χ0n) is 13.6. The highest BCUT2D eigenvalue weighted by Gasteiger charge is 2.41. The van der Waals surface area contributed by atoms with Gasteiger partial charge in [-0.05, 0) is 5.56 Å². The van der Waals surface area contributed by atoms with Crippen molar-refractivity contribution in [1.82, 2.24) is 10.2 Å². The number of piperidine rings is 1. The lowest BCUT2D eigenvalue weighted by atomic mass is 9.97. The van der Waals surface area contributed by atoms with Gasteiger partial charge in [0.25, 0.3) is 5.91 Å². The van der Waals surface area contributed by atoms with Gasteiger partial charge in [0.15, 0.2) is 0 Å². The van der Waals surface area contributed by atoms with Crippen LogP contribution in [0, 0.1) is 0 Å². The zero-order chi connectivity index (χ0) is 16.4. The third-order valence-electron chi connectivity index (χ3n) is 4.87. The van der Waals surface area contributed by atoms with Crippen molar-refractivity contribution in [2.45, 2.75) is 25.0 Å². The van der Waals surface area contributed by atoms with E-state index in [4.69, 9.17) is 4.99 Å². The Morgan fingerprint density at radius 3 is 2.25 bits per heavy atom. The Balaban J connectivity index is 1.45. The average Bonchev–Trinajstić information content (AvgIpc) is 2.95. The molecule has 0 unspecified atom stereocenters. The van der Waals surface area contributed by atoms with Crippen molar-refractivity contribution in [3.05, 3.63) is 71.8 Å². The third kappa shape index (κ3) is 2.97. The second-order valence-corrected chi connectivity index (χ2v) is 6.57. The minimum Gasteiger partial charge on any atom is -0.326 e. The Morgan fingerprint density at radius 2 is 1.58 bits per heavy atom. The van der Waals surface area contributed by atoms with Crippen LogP contribution < -0.4 is 5.32 Å². The number of hydrogen-bond acceptors (Lipinski definition) is 3. The molecular formula is C20H21N3O. The van der Waals surface area contributed by atoms with Crippen LogP contribution in [0.3, 0.4) is 0 Å². The second-order valence-electron chi connectivity index (χ2n) is 6.57. The van der Waals surface area contributed by atoms with E-state index in [0.717, 1.165) is 38.0 Å². The van der Waals surface area contributed by atoms with E-state index in [0.29, 0.717) is 5.71 Å². The van der Waals surface area contributed by atoms with Crippen molar-refractivity contribution in [3.63, 3.8) is 0 Å². The molecule has 0 radical (unpaired) electrons. The van der Waals surface area contributed by atoms with Gasteiger partial charge in [-0.15, -0.1) is 0 Å². The van der Waals surface area contributed by atoms with Gasteiger partial charge in [0.1, 0.15) is 11.4 Å². The third-order valence-corrected chi connectivity index (χ3v) is 4.87. The summed E-state index contributed by atoms with van der Waals surface area (Å²) in [7, 11) is 0. The number of carbonyl (C=O) groups is 1. The molecule has 2 aromatic rings. The Morgan fingerprint density at radius 1 is 0.958 bits per heavy atom. The number of carbonyl (C=O) groups excluding carboxylic acids is 1. The van der Waals surface area contributed by atoms with E-state index in [1.165, 1.54) is 5.56 Å². The number of likely N-dealkylation sites (tertiary alicyclic amines) is 1. The average molecular weight is 319 g/mol. The molecular weight excluding hydrogens is 298 g/mol. The first-order chi connectivity index (χ1) is 11.7. The first kappa shape index (κ1) is 15.1. The Kier molecular flexibility index (Phi) is 3.90. The van der Waals surface area contributed by atoms with Crippen molar-refractivity contribution >= 4 is 11.6 Å². The molecule has 1 spiro atoms. The molecule has 24 heavy (non-hydrogen) atoms. The van der Waals surface area contributed by atoms with Crippen LogP contribution in [0.15, 0.2) is 65.7 Å². The number of nitrogens with one attached hydrogen (secondary N) is 1. The summed E-state index contributed by atoms with van der Waals surface area (Å²) < 4.78 is 0. The van der Waals surface area contributed by atoms with Gasteiger partial charge in [-0.1, -0.05) is 60.7 Å². The lowest BCUT2D eigenvalue weighted by molar-refractivity contribution is -0.115. The van der Waals surface area contributed by atoms with E-state index in [2.05, 4.69) is 34.5 Å². The molecule has 1 saturated heterocycles. The van der Waals surface area contributed by atoms with Gasteiger partial charge in [-0.2, -0.15) is 0 Å². The maximum absolute atomic E-state index is 12.4. The van der Waals surface area contributed by atoms with Gasteiger partial charge in [-0.3, -0.25) is 14.7 Å². The molecule has 122 valence electrons. The van der Waals surface area contributed by atoms with Gasteiger partial charge in [0.2, 0.25) is 0 Å². The van der Waals surface area contributed by atoms with E-state index >= 15 is 0 Å². The minimum atomic E-state index is -0.407. The maximum atomic E-state index is 12.4. The summed E-state index contributed by atoms with van der Waals surface area (Å²) in [6.07, 6.45) is 1.73. The SMILES string of the molecule is O=C1NC2(CCN(Cc3ccccc3)CC2)N=C1c1ccccc1. The molecule has 0 bridgehead atoms. The fraction of sp³-hybridized carbons (Fsp3) is 0.300. The van der Waals surface area contributed by atoms with Gasteiger partial charge < -0.3 is 5.32 Å². The molecule has 4 rings (SSSR count). The topological polar surface area (TPSA) is 44.7 Å². The molecule has 0 saturated carbocycles. The van der Waals surface area contributed by atoms with Crippen molar-refractivity contribution < 1.29 is 4.79 Å².